The molecule has 1 aromatic carbocycles. The maximum Gasteiger partial charge on any atom is 0.321 e. The van der Waals surface area contributed by atoms with E-state index in [2.05, 4.69) is 4.72 Å². The van der Waals surface area contributed by atoms with Crippen LogP contribution >= 0.6 is 0 Å². The first-order valence-electron chi connectivity index (χ1n) is 6.82. The largest absolute Gasteiger partial charge is 0.497 e. The zero-order chi connectivity index (χ0) is 16.8. The number of aliphatic carboxylic acids is 1. The number of unbranched alkanes of at least 4 members (excludes halogenated alkanes) is 1. The third kappa shape index (κ3) is 4.88. The van der Waals surface area contributed by atoms with Crippen molar-refractivity contribution in [3.63, 3.8) is 0 Å². The highest BCUT2D eigenvalue weighted by Gasteiger charge is 2.25. The van der Waals surface area contributed by atoms with Gasteiger partial charge >= 0.3 is 5.97 Å². The molecule has 0 aromatic heterocycles. The van der Waals surface area contributed by atoms with E-state index in [1.807, 2.05) is 6.92 Å². The molecule has 0 saturated heterocycles. The van der Waals surface area contributed by atoms with Crippen LogP contribution in [0.2, 0.25) is 0 Å². The van der Waals surface area contributed by atoms with Crippen LogP contribution in [-0.4, -0.2) is 39.8 Å². The highest BCUT2D eigenvalue weighted by atomic mass is 32.2. The lowest BCUT2D eigenvalue weighted by molar-refractivity contribution is -0.139. The van der Waals surface area contributed by atoms with Crippen LogP contribution < -0.4 is 14.2 Å². The van der Waals surface area contributed by atoms with Crippen molar-refractivity contribution in [1.29, 1.82) is 0 Å². The summed E-state index contributed by atoms with van der Waals surface area (Å²) in [6.07, 6.45) is 1.62. The van der Waals surface area contributed by atoms with Gasteiger partial charge in [-0.15, -0.1) is 0 Å². The average molecular weight is 331 g/mol. The van der Waals surface area contributed by atoms with Crippen molar-refractivity contribution in [1.82, 2.24) is 4.72 Å². The molecule has 124 valence electrons. The third-order valence-electron chi connectivity index (χ3n) is 3.08. The lowest BCUT2D eigenvalue weighted by atomic mass is 10.1. The van der Waals surface area contributed by atoms with Gasteiger partial charge in [0.1, 0.15) is 17.5 Å². The molecule has 1 atom stereocenters. The van der Waals surface area contributed by atoms with Crippen molar-refractivity contribution in [3.05, 3.63) is 18.2 Å². The summed E-state index contributed by atoms with van der Waals surface area (Å²) in [7, 11) is -1.19. The van der Waals surface area contributed by atoms with Crippen molar-refractivity contribution >= 4 is 16.0 Å². The van der Waals surface area contributed by atoms with E-state index in [9.17, 15) is 13.2 Å². The number of carbonyl (C=O) groups is 1. The molecule has 0 saturated carbocycles. The van der Waals surface area contributed by atoms with Gasteiger partial charge in [-0.25, -0.2) is 8.42 Å². The third-order valence-corrected chi connectivity index (χ3v) is 4.53. The zero-order valence-corrected chi connectivity index (χ0v) is 13.6. The second-order valence-corrected chi connectivity index (χ2v) is 6.42. The molecule has 7 nitrogen and oxygen atoms in total. The number of methoxy groups -OCH3 is 2. The molecule has 8 heteroatoms. The quantitative estimate of drug-likeness (QED) is 0.713. The molecule has 0 amide bonds. The summed E-state index contributed by atoms with van der Waals surface area (Å²) in [5.74, 6) is -0.591. The number of hydrogen-bond donors (Lipinski definition) is 2. The minimum absolute atomic E-state index is 0.105. The highest BCUT2D eigenvalue weighted by Crippen LogP contribution is 2.25. The van der Waals surface area contributed by atoms with Gasteiger partial charge in [0, 0.05) is 18.2 Å². The van der Waals surface area contributed by atoms with E-state index in [-0.39, 0.29) is 11.3 Å². The lowest BCUT2D eigenvalue weighted by Gasteiger charge is -2.15. The van der Waals surface area contributed by atoms with E-state index in [0.29, 0.717) is 17.9 Å². The Labute approximate surface area is 130 Å². The molecule has 0 bridgehead atoms. The Morgan fingerprint density at radius 2 is 1.77 bits per heavy atom. The van der Waals surface area contributed by atoms with Gasteiger partial charge in [-0.1, -0.05) is 19.8 Å². The number of carboxylic acid groups (broad SMARTS) is 1. The fraction of sp³-hybridized carbons (Fsp3) is 0.500. The summed E-state index contributed by atoms with van der Waals surface area (Å²) >= 11 is 0. The van der Waals surface area contributed by atoms with E-state index in [1.54, 1.807) is 0 Å². The van der Waals surface area contributed by atoms with Gasteiger partial charge in [0.05, 0.1) is 19.1 Å². The average Bonchev–Trinajstić information content (AvgIpc) is 2.50. The summed E-state index contributed by atoms with van der Waals surface area (Å²) in [6, 6.07) is 2.99. The maximum absolute atomic E-state index is 12.4. The summed E-state index contributed by atoms with van der Waals surface area (Å²) in [5, 5.41) is 9.14. The number of benzene rings is 1. The molecular weight excluding hydrogens is 310 g/mol. The Balaban J connectivity index is 3.09. The van der Waals surface area contributed by atoms with Gasteiger partial charge in [0.15, 0.2) is 0 Å². The van der Waals surface area contributed by atoms with Crippen molar-refractivity contribution in [2.75, 3.05) is 14.2 Å². The molecule has 0 aliphatic carbocycles. The normalized spacial score (nSPS) is 12.7. The van der Waals surface area contributed by atoms with E-state index in [0.717, 1.165) is 6.42 Å². The molecule has 0 heterocycles. The topological polar surface area (TPSA) is 102 Å². The Bertz CT molecular complexity index is 592. The number of sulfonamides is 1. The molecule has 1 aromatic rings. The van der Waals surface area contributed by atoms with Crippen molar-refractivity contribution in [2.24, 2.45) is 0 Å². The molecule has 1 unspecified atom stereocenters. The Kier molecular flexibility index (Phi) is 6.63. The van der Waals surface area contributed by atoms with Crippen LogP contribution in [0, 0.1) is 0 Å². The fourth-order valence-corrected chi connectivity index (χ4v) is 3.10. The Morgan fingerprint density at radius 1 is 1.23 bits per heavy atom. The Hall–Kier alpha value is -1.80. The van der Waals surface area contributed by atoms with Gasteiger partial charge in [-0.2, -0.15) is 4.72 Å². The summed E-state index contributed by atoms with van der Waals surface area (Å²) in [5.41, 5.74) is 0. The van der Waals surface area contributed by atoms with E-state index in [1.165, 1.54) is 32.4 Å². The smallest absolute Gasteiger partial charge is 0.321 e. The minimum Gasteiger partial charge on any atom is -0.497 e. The van der Waals surface area contributed by atoms with Crippen molar-refractivity contribution in [2.45, 2.75) is 37.1 Å². The Morgan fingerprint density at radius 3 is 2.18 bits per heavy atom. The first kappa shape index (κ1) is 18.2. The van der Waals surface area contributed by atoms with Crippen LogP contribution in [0.1, 0.15) is 26.2 Å². The second kappa shape index (κ2) is 8.00. The summed E-state index contributed by atoms with van der Waals surface area (Å²) in [6.45, 7) is 1.90. The fourth-order valence-electron chi connectivity index (χ4n) is 1.83. The van der Waals surface area contributed by atoms with Crippen LogP contribution in [-0.2, 0) is 14.8 Å². The van der Waals surface area contributed by atoms with Crippen LogP contribution in [0.25, 0.3) is 0 Å². The van der Waals surface area contributed by atoms with Crippen LogP contribution in [0.5, 0.6) is 11.5 Å². The number of carboxylic acids is 1. The zero-order valence-electron chi connectivity index (χ0n) is 12.8. The highest BCUT2D eigenvalue weighted by molar-refractivity contribution is 7.89. The summed E-state index contributed by atoms with van der Waals surface area (Å²) in [4.78, 5) is 11.1. The van der Waals surface area contributed by atoms with Gasteiger partial charge in [-0.3, -0.25) is 4.79 Å². The molecule has 0 aliphatic rings. The molecular formula is C14H21NO6S. The van der Waals surface area contributed by atoms with Gasteiger partial charge in [0.2, 0.25) is 10.0 Å². The van der Waals surface area contributed by atoms with Crippen LogP contribution in [0.4, 0.5) is 0 Å². The summed E-state index contributed by atoms with van der Waals surface area (Å²) < 4.78 is 37.0. The van der Waals surface area contributed by atoms with Gasteiger partial charge in [0.25, 0.3) is 0 Å². The lowest BCUT2D eigenvalue weighted by Crippen LogP contribution is -2.40. The first-order valence-corrected chi connectivity index (χ1v) is 8.30. The molecule has 22 heavy (non-hydrogen) atoms. The predicted molar refractivity (Wildman–Crippen MR) is 80.8 cm³/mol. The first-order chi connectivity index (χ1) is 10.3. The van der Waals surface area contributed by atoms with Gasteiger partial charge < -0.3 is 14.6 Å². The standard InChI is InChI=1S/C14H21NO6S/c1-4-5-6-13(14(16)17)15-22(18,19)12-8-10(20-2)7-11(9-12)21-3/h7-9,13,15H,4-6H2,1-3H3,(H,16,17). The van der Waals surface area contributed by atoms with Crippen LogP contribution in [0.15, 0.2) is 23.1 Å². The SMILES string of the molecule is CCCCC(NS(=O)(=O)c1cc(OC)cc(OC)c1)C(=O)O. The molecule has 1 rings (SSSR count). The number of rotatable bonds is 9. The minimum atomic E-state index is -3.99. The molecule has 0 radical (unpaired) electrons. The number of ether oxygens (including phenoxy) is 2. The molecule has 2 N–H and O–H groups in total. The molecule has 0 aliphatic heterocycles. The van der Waals surface area contributed by atoms with E-state index < -0.39 is 22.0 Å². The van der Waals surface area contributed by atoms with Crippen LogP contribution in [0.3, 0.4) is 0 Å². The number of hydrogen-bond acceptors (Lipinski definition) is 5. The monoisotopic (exact) mass is 331 g/mol. The van der Waals surface area contributed by atoms with Crippen molar-refractivity contribution in [3.8, 4) is 11.5 Å². The molecule has 0 spiro atoms. The van der Waals surface area contributed by atoms with Gasteiger partial charge in [-0.05, 0) is 6.42 Å². The van der Waals surface area contributed by atoms with Crippen molar-refractivity contribution < 1.29 is 27.8 Å². The van der Waals surface area contributed by atoms with E-state index >= 15 is 0 Å². The predicted octanol–water partition coefficient (Wildman–Crippen LogP) is 1.63. The second-order valence-electron chi connectivity index (χ2n) is 4.70. The van der Waals surface area contributed by atoms with E-state index in [4.69, 9.17) is 14.6 Å². The molecule has 0 fully saturated rings. The maximum atomic E-state index is 12.4. The number of nitrogens with one attached hydrogen (secondary N) is 1.